The summed E-state index contributed by atoms with van der Waals surface area (Å²) in [6.45, 7) is 8.01. The molecule has 1 amide bonds. The number of hydrogen-bond donors (Lipinski definition) is 2. The van der Waals surface area contributed by atoms with E-state index in [2.05, 4.69) is 44.5 Å². The van der Waals surface area contributed by atoms with E-state index in [0.717, 1.165) is 56.6 Å². The fourth-order valence-electron chi connectivity index (χ4n) is 2.77. The van der Waals surface area contributed by atoms with Gasteiger partial charge >= 0.3 is 0 Å². The first kappa shape index (κ1) is 17.4. The van der Waals surface area contributed by atoms with Gasteiger partial charge in [-0.05, 0) is 24.5 Å². The summed E-state index contributed by atoms with van der Waals surface area (Å²) in [5.41, 5.74) is 1.20. The van der Waals surface area contributed by atoms with Crippen molar-refractivity contribution in [3.05, 3.63) is 34.3 Å². The van der Waals surface area contributed by atoms with E-state index >= 15 is 0 Å². The van der Waals surface area contributed by atoms with Crippen LogP contribution in [0.2, 0.25) is 0 Å². The Bertz CT molecular complexity index is 475. The Morgan fingerprint density at radius 1 is 1.36 bits per heavy atom. The Morgan fingerprint density at radius 2 is 2.09 bits per heavy atom. The summed E-state index contributed by atoms with van der Waals surface area (Å²) in [5, 5.41) is 6.44. The van der Waals surface area contributed by atoms with Crippen molar-refractivity contribution in [1.82, 2.24) is 15.5 Å². The molecule has 1 heterocycles. The van der Waals surface area contributed by atoms with E-state index in [4.69, 9.17) is 0 Å². The largest absolute Gasteiger partial charge is 0.355 e. The second kappa shape index (κ2) is 9.28. The maximum atomic E-state index is 12.4. The number of carbonyl (C=O) groups is 1. The summed E-state index contributed by atoms with van der Waals surface area (Å²) >= 11 is 3.56. The first-order valence-electron chi connectivity index (χ1n) is 8.15. The molecule has 1 saturated heterocycles. The summed E-state index contributed by atoms with van der Waals surface area (Å²) in [6.07, 6.45) is 1.65. The smallest absolute Gasteiger partial charge is 0.223 e. The van der Waals surface area contributed by atoms with Gasteiger partial charge in [0.1, 0.15) is 0 Å². The number of amides is 1. The number of carbonyl (C=O) groups excluding carboxylic acids is 1. The van der Waals surface area contributed by atoms with E-state index in [9.17, 15) is 4.79 Å². The highest BCUT2D eigenvalue weighted by atomic mass is 79.9. The second-order valence-corrected chi connectivity index (χ2v) is 6.64. The lowest BCUT2D eigenvalue weighted by Gasteiger charge is -2.27. The highest BCUT2D eigenvalue weighted by Gasteiger charge is 2.18. The SMILES string of the molecule is CCC(Cc1ccccc1Br)C(=O)NCCN1CCNCC1. The van der Waals surface area contributed by atoms with Crippen molar-refractivity contribution in [2.45, 2.75) is 19.8 Å². The van der Waals surface area contributed by atoms with Gasteiger partial charge in [-0.1, -0.05) is 41.1 Å². The maximum Gasteiger partial charge on any atom is 0.223 e. The van der Waals surface area contributed by atoms with Crippen LogP contribution in [0, 0.1) is 5.92 Å². The fraction of sp³-hybridized carbons (Fsp3) is 0.588. The Balaban J connectivity index is 1.77. The number of nitrogens with one attached hydrogen (secondary N) is 2. The summed E-state index contributed by atoms with van der Waals surface area (Å²) < 4.78 is 1.09. The molecule has 1 fully saturated rings. The first-order chi connectivity index (χ1) is 10.7. The standard InChI is InChI=1S/C17H26BrN3O/c1-2-14(13-15-5-3-4-6-16(15)18)17(22)20-9-12-21-10-7-19-8-11-21/h3-6,14,19H,2,7-13H2,1H3,(H,20,22). The quantitative estimate of drug-likeness (QED) is 0.774. The van der Waals surface area contributed by atoms with Gasteiger partial charge in [-0.2, -0.15) is 0 Å². The lowest BCUT2D eigenvalue weighted by atomic mass is 9.96. The van der Waals surface area contributed by atoms with Gasteiger partial charge in [-0.3, -0.25) is 9.69 Å². The van der Waals surface area contributed by atoms with Crippen molar-refractivity contribution < 1.29 is 4.79 Å². The van der Waals surface area contributed by atoms with Crippen LogP contribution >= 0.6 is 15.9 Å². The van der Waals surface area contributed by atoms with Crippen molar-refractivity contribution in [3.8, 4) is 0 Å². The minimum Gasteiger partial charge on any atom is -0.355 e. The number of nitrogens with zero attached hydrogens (tertiary/aromatic N) is 1. The fourth-order valence-corrected chi connectivity index (χ4v) is 3.21. The van der Waals surface area contributed by atoms with Crippen molar-refractivity contribution >= 4 is 21.8 Å². The van der Waals surface area contributed by atoms with Crippen LogP contribution in [0.5, 0.6) is 0 Å². The zero-order valence-electron chi connectivity index (χ0n) is 13.3. The molecule has 0 spiro atoms. The molecular weight excluding hydrogens is 342 g/mol. The molecule has 1 aliphatic heterocycles. The topological polar surface area (TPSA) is 44.4 Å². The summed E-state index contributed by atoms with van der Waals surface area (Å²) in [6, 6.07) is 8.14. The normalized spacial score (nSPS) is 17.2. The van der Waals surface area contributed by atoms with Crippen molar-refractivity contribution in [2.24, 2.45) is 5.92 Å². The monoisotopic (exact) mass is 367 g/mol. The maximum absolute atomic E-state index is 12.4. The number of piperazine rings is 1. The third-order valence-electron chi connectivity index (χ3n) is 4.22. The van der Waals surface area contributed by atoms with E-state index in [1.165, 1.54) is 5.56 Å². The van der Waals surface area contributed by atoms with E-state index in [-0.39, 0.29) is 11.8 Å². The van der Waals surface area contributed by atoms with Gasteiger partial charge in [0, 0.05) is 49.7 Å². The number of hydrogen-bond acceptors (Lipinski definition) is 3. The minimum atomic E-state index is 0.0433. The molecule has 22 heavy (non-hydrogen) atoms. The number of benzene rings is 1. The van der Waals surface area contributed by atoms with Crippen LogP contribution in [-0.2, 0) is 11.2 Å². The Morgan fingerprint density at radius 3 is 2.77 bits per heavy atom. The van der Waals surface area contributed by atoms with Gasteiger partial charge in [0.25, 0.3) is 0 Å². The Labute approximate surface area is 141 Å². The average Bonchev–Trinajstić information content (AvgIpc) is 2.55. The van der Waals surface area contributed by atoms with E-state index in [1.54, 1.807) is 0 Å². The van der Waals surface area contributed by atoms with Gasteiger partial charge < -0.3 is 10.6 Å². The molecule has 2 N–H and O–H groups in total. The zero-order valence-corrected chi connectivity index (χ0v) is 14.9. The molecule has 0 aromatic heterocycles. The molecule has 0 radical (unpaired) electrons. The van der Waals surface area contributed by atoms with Gasteiger partial charge in [0.15, 0.2) is 0 Å². The zero-order chi connectivity index (χ0) is 15.8. The average molecular weight is 368 g/mol. The molecule has 1 aromatic carbocycles. The summed E-state index contributed by atoms with van der Waals surface area (Å²) in [4.78, 5) is 14.8. The third-order valence-corrected chi connectivity index (χ3v) is 5.00. The van der Waals surface area contributed by atoms with Crippen molar-refractivity contribution in [1.29, 1.82) is 0 Å². The van der Waals surface area contributed by atoms with E-state index in [1.807, 2.05) is 18.2 Å². The van der Waals surface area contributed by atoms with Crippen LogP contribution in [0.4, 0.5) is 0 Å². The lowest BCUT2D eigenvalue weighted by molar-refractivity contribution is -0.125. The van der Waals surface area contributed by atoms with Crippen LogP contribution < -0.4 is 10.6 Å². The Kier molecular flexibility index (Phi) is 7.36. The van der Waals surface area contributed by atoms with Crippen LogP contribution in [0.3, 0.4) is 0 Å². The Hall–Kier alpha value is -0.910. The van der Waals surface area contributed by atoms with Gasteiger partial charge in [0.2, 0.25) is 5.91 Å². The van der Waals surface area contributed by atoms with E-state index < -0.39 is 0 Å². The lowest BCUT2D eigenvalue weighted by Crippen LogP contribution is -2.46. The summed E-state index contributed by atoms with van der Waals surface area (Å²) in [5.74, 6) is 0.218. The molecule has 4 nitrogen and oxygen atoms in total. The molecule has 1 unspecified atom stereocenters. The van der Waals surface area contributed by atoms with Crippen molar-refractivity contribution in [3.63, 3.8) is 0 Å². The molecule has 0 aliphatic carbocycles. The predicted octanol–water partition coefficient (Wildman–Crippen LogP) is 2.04. The molecule has 0 saturated carbocycles. The highest BCUT2D eigenvalue weighted by molar-refractivity contribution is 9.10. The van der Waals surface area contributed by atoms with Crippen molar-refractivity contribution in [2.75, 3.05) is 39.3 Å². The van der Waals surface area contributed by atoms with E-state index in [0.29, 0.717) is 0 Å². The molecule has 1 atom stereocenters. The first-order valence-corrected chi connectivity index (χ1v) is 8.94. The molecule has 2 rings (SSSR count). The van der Waals surface area contributed by atoms with Crippen LogP contribution in [0.15, 0.2) is 28.7 Å². The number of halogens is 1. The number of rotatable bonds is 7. The van der Waals surface area contributed by atoms with Gasteiger partial charge in [0.05, 0.1) is 0 Å². The molecule has 5 heteroatoms. The molecule has 1 aromatic rings. The van der Waals surface area contributed by atoms with Crippen LogP contribution in [0.25, 0.3) is 0 Å². The summed E-state index contributed by atoms with van der Waals surface area (Å²) in [7, 11) is 0. The van der Waals surface area contributed by atoms with Gasteiger partial charge in [-0.15, -0.1) is 0 Å². The molecule has 0 bridgehead atoms. The second-order valence-electron chi connectivity index (χ2n) is 5.78. The van der Waals surface area contributed by atoms with Crippen LogP contribution in [-0.4, -0.2) is 50.1 Å². The third kappa shape index (κ3) is 5.38. The van der Waals surface area contributed by atoms with Crippen LogP contribution in [0.1, 0.15) is 18.9 Å². The molecular formula is C17H26BrN3O. The molecule has 122 valence electrons. The highest BCUT2D eigenvalue weighted by Crippen LogP contribution is 2.21. The molecule has 1 aliphatic rings. The van der Waals surface area contributed by atoms with Gasteiger partial charge in [-0.25, -0.2) is 0 Å². The minimum absolute atomic E-state index is 0.0433. The predicted molar refractivity (Wildman–Crippen MR) is 93.9 cm³/mol.